The van der Waals surface area contributed by atoms with Gasteiger partial charge in [0.1, 0.15) is 0 Å². The normalized spacial score (nSPS) is 16.2. The molecule has 4 aromatic rings. The minimum atomic E-state index is -0.106. The molecule has 1 fully saturated rings. The van der Waals surface area contributed by atoms with Gasteiger partial charge in [-0.2, -0.15) is 0 Å². The van der Waals surface area contributed by atoms with Gasteiger partial charge in [-0.3, -0.25) is 9.36 Å². The van der Waals surface area contributed by atoms with Crippen molar-refractivity contribution in [2.24, 2.45) is 0 Å². The van der Waals surface area contributed by atoms with Gasteiger partial charge >= 0.3 is 0 Å². The number of aryl methyl sites for hydroxylation is 1. The van der Waals surface area contributed by atoms with E-state index in [1.807, 2.05) is 36.6 Å². The van der Waals surface area contributed by atoms with Gasteiger partial charge in [0, 0.05) is 6.61 Å². The molecule has 1 aliphatic heterocycles. The molecular formula is C21H21N5O2S3. The zero-order valence-electron chi connectivity index (χ0n) is 16.9. The van der Waals surface area contributed by atoms with E-state index in [0.717, 1.165) is 45.5 Å². The van der Waals surface area contributed by atoms with Crippen molar-refractivity contribution in [1.82, 2.24) is 19.7 Å². The molecule has 1 atom stereocenters. The van der Waals surface area contributed by atoms with Crippen LogP contribution < -0.4 is 5.32 Å². The molecule has 0 spiro atoms. The maximum absolute atomic E-state index is 12.6. The molecule has 1 unspecified atom stereocenters. The molecule has 1 saturated heterocycles. The first kappa shape index (κ1) is 20.6. The summed E-state index contributed by atoms with van der Waals surface area (Å²) in [4.78, 5) is 18.1. The van der Waals surface area contributed by atoms with Crippen LogP contribution in [0.15, 0.2) is 40.9 Å². The molecule has 1 aromatic carbocycles. The summed E-state index contributed by atoms with van der Waals surface area (Å²) in [5.41, 5.74) is 2.08. The summed E-state index contributed by atoms with van der Waals surface area (Å²) in [5, 5.41) is 15.1. The van der Waals surface area contributed by atoms with Crippen LogP contribution in [0.2, 0.25) is 0 Å². The van der Waals surface area contributed by atoms with E-state index >= 15 is 0 Å². The number of ether oxygens (including phenoxy) is 1. The highest BCUT2D eigenvalue weighted by Crippen LogP contribution is 2.30. The van der Waals surface area contributed by atoms with Gasteiger partial charge in [-0.25, -0.2) is 4.98 Å². The molecule has 0 radical (unpaired) electrons. The number of carbonyl (C=O) groups excluding carboxylic acids is 1. The van der Waals surface area contributed by atoms with Crippen LogP contribution in [0.5, 0.6) is 0 Å². The van der Waals surface area contributed by atoms with Crippen molar-refractivity contribution in [2.45, 2.75) is 37.6 Å². The summed E-state index contributed by atoms with van der Waals surface area (Å²) in [6, 6.07) is 10.1. The van der Waals surface area contributed by atoms with E-state index in [1.165, 1.54) is 28.7 Å². The number of rotatable bonds is 7. The quantitative estimate of drug-likeness (QED) is 0.389. The Hall–Kier alpha value is -2.27. The standard InChI is InChI=1S/C21H21N5O2S3/c1-13-6-7-15-17(10-13)31-20(22-15)23-18(27)12-30-21-25-24-19(16-5-3-9-29-16)26(21)11-14-4-2-8-28-14/h3,5-7,9-10,14H,2,4,8,11-12H2,1H3,(H,22,23,27). The Bertz CT molecular complexity index is 1200. The Morgan fingerprint density at radius 3 is 3.10 bits per heavy atom. The van der Waals surface area contributed by atoms with Crippen molar-refractivity contribution in [3.8, 4) is 10.7 Å². The Balaban J connectivity index is 1.29. The second-order valence-corrected chi connectivity index (χ2v) is 10.3. The van der Waals surface area contributed by atoms with Gasteiger partial charge in [-0.1, -0.05) is 35.2 Å². The fourth-order valence-electron chi connectivity index (χ4n) is 3.51. The van der Waals surface area contributed by atoms with E-state index in [0.29, 0.717) is 11.7 Å². The SMILES string of the molecule is Cc1ccc2nc(NC(=O)CSc3nnc(-c4cccs4)n3CC3CCCO3)sc2c1. The Morgan fingerprint density at radius 1 is 1.35 bits per heavy atom. The van der Waals surface area contributed by atoms with E-state index in [2.05, 4.69) is 31.1 Å². The summed E-state index contributed by atoms with van der Waals surface area (Å²) >= 11 is 4.51. The summed E-state index contributed by atoms with van der Waals surface area (Å²) in [6.45, 7) is 3.54. The predicted octanol–water partition coefficient (Wildman–Crippen LogP) is 4.83. The molecule has 1 amide bonds. The third-order valence-electron chi connectivity index (χ3n) is 4.99. The highest BCUT2D eigenvalue weighted by molar-refractivity contribution is 7.99. The monoisotopic (exact) mass is 471 g/mol. The number of fused-ring (bicyclic) bond motifs is 1. The molecular weight excluding hydrogens is 450 g/mol. The highest BCUT2D eigenvalue weighted by atomic mass is 32.2. The van der Waals surface area contributed by atoms with Gasteiger partial charge in [0.15, 0.2) is 16.1 Å². The predicted molar refractivity (Wildman–Crippen MR) is 126 cm³/mol. The summed E-state index contributed by atoms with van der Waals surface area (Å²) in [5.74, 6) is 0.961. The van der Waals surface area contributed by atoms with Gasteiger partial charge in [-0.05, 0) is 48.9 Å². The van der Waals surface area contributed by atoms with Crippen LogP contribution in [0.25, 0.3) is 20.9 Å². The number of thioether (sulfide) groups is 1. The maximum Gasteiger partial charge on any atom is 0.236 e. The molecule has 10 heteroatoms. The van der Waals surface area contributed by atoms with Gasteiger partial charge in [0.25, 0.3) is 0 Å². The van der Waals surface area contributed by atoms with Gasteiger partial charge < -0.3 is 10.1 Å². The van der Waals surface area contributed by atoms with Crippen molar-refractivity contribution in [2.75, 3.05) is 17.7 Å². The van der Waals surface area contributed by atoms with Crippen LogP contribution >= 0.6 is 34.4 Å². The average molecular weight is 472 g/mol. The van der Waals surface area contributed by atoms with Gasteiger partial charge in [0.05, 0.1) is 33.5 Å². The number of anilines is 1. The number of thiazole rings is 1. The smallest absolute Gasteiger partial charge is 0.236 e. The lowest BCUT2D eigenvalue weighted by Crippen LogP contribution is -2.18. The van der Waals surface area contributed by atoms with Crippen molar-refractivity contribution in [3.05, 3.63) is 41.3 Å². The molecule has 1 N–H and O–H groups in total. The molecule has 160 valence electrons. The first-order chi connectivity index (χ1) is 15.2. The van der Waals surface area contributed by atoms with Crippen LogP contribution in [0.3, 0.4) is 0 Å². The number of nitrogens with zero attached hydrogens (tertiary/aromatic N) is 4. The second-order valence-electron chi connectivity index (χ2n) is 7.36. The summed E-state index contributed by atoms with van der Waals surface area (Å²) in [7, 11) is 0. The van der Waals surface area contributed by atoms with Crippen molar-refractivity contribution in [3.63, 3.8) is 0 Å². The number of nitrogens with one attached hydrogen (secondary N) is 1. The number of amides is 1. The van der Waals surface area contributed by atoms with Crippen LogP contribution in [-0.2, 0) is 16.1 Å². The lowest BCUT2D eigenvalue weighted by atomic mass is 10.2. The Kier molecular flexibility index (Phi) is 6.04. The number of carbonyl (C=O) groups is 1. The zero-order valence-corrected chi connectivity index (χ0v) is 19.4. The highest BCUT2D eigenvalue weighted by Gasteiger charge is 2.22. The Morgan fingerprint density at radius 2 is 2.29 bits per heavy atom. The van der Waals surface area contributed by atoms with Crippen molar-refractivity contribution >= 4 is 55.7 Å². The first-order valence-corrected chi connectivity index (χ1v) is 12.7. The van der Waals surface area contributed by atoms with E-state index in [4.69, 9.17) is 4.74 Å². The first-order valence-electron chi connectivity index (χ1n) is 10.0. The lowest BCUT2D eigenvalue weighted by Gasteiger charge is -2.14. The number of thiophene rings is 1. The summed E-state index contributed by atoms with van der Waals surface area (Å²) < 4.78 is 8.98. The minimum absolute atomic E-state index is 0.106. The number of hydrogen-bond acceptors (Lipinski definition) is 8. The third kappa shape index (κ3) is 4.67. The second kappa shape index (κ2) is 9.07. The molecule has 0 saturated carbocycles. The van der Waals surface area contributed by atoms with Crippen molar-refractivity contribution in [1.29, 1.82) is 0 Å². The number of hydrogen-bond donors (Lipinski definition) is 1. The van der Waals surface area contributed by atoms with E-state index in [-0.39, 0.29) is 17.8 Å². The van der Waals surface area contributed by atoms with Crippen molar-refractivity contribution < 1.29 is 9.53 Å². The average Bonchev–Trinajstić information content (AvgIpc) is 3.54. The number of benzene rings is 1. The molecule has 5 rings (SSSR count). The summed E-state index contributed by atoms with van der Waals surface area (Å²) in [6.07, 6.45) is 2.27. The topological polar surface area (TPSA) is 81.9 Å². The Labute approximate surface area is 191 Å². The molecule has 31 heavy (non-hydrogen) atoms. The fourth-order valence-corrected chi connectivity index (χ4v) is 5.96. The third-order valence-corrected chi connectivity index (χ3v) is 7.76. The molecule has 7 nitrogen and oxygen atoms in total. The largest absolute Gasteiger partial charge is 0.376 e. The van der Waals surface area contributed by atoms with Crippen LogP contribution in [0.1, 0.15) is 18.4 Å². The lowest BCUT2D eigenvalue weighted by molar-refractivity contribution is -0.113. The zero-order chi connectivity index (χ0) is 21.2. The molecule has 0 aliphatic carbocycles. The van der Waals surface area contributed by atoms with Crippen LogP contribution in [0.4, 0.5) is 5.13 Å². The molecule has 3 aromatic heterocycles. The molecule has 4 heterocycles. The van der Waals surface area contributed by atoms with E-state index < -0.39 is 0 Å². The number of aromatic nitrogens is 4. The molecule has 1 aliphatic rings. The van der Waals surface area contributed by atoms with Gasteiger partial charge in [-0.15, -0.1) is 21.5 Å². The molecule has 0 bridgehead atoms. The maximum atomic E-state index is 12.6. The van der Waals surface area contributed by atoms with Crippen LogP contribution in [-0.4, -0.2) is 44.1 Å². The fraction of sp³-hybridized carbons (Fsp3) is 0.333. The minimum Gasteiger partial charge on any atom is -0.376 e. The van der Waals surface area contributed by atoms with Gasteiger partial charge in [0.2, 0.25) is 5.91 Å². The van der Waals surface area contributed by atoms with E-state index in [9.17, 15) is 4.79 Å². The van der Waals surface area contributed by atoms with E-state index in [1.54, 1.807) is 11.3 Å². The van der Waals surface area contributed by atoms with Crippen LogP contribution in [0, 0.1) is 6.92 Å².